The second-order valence-electron chi connectivity index (χ2n) is 4.60. The Hall–Kier alpha value is -1.95. The zero-order valence-corrected chi connectivity index (χ0v) is 11.5. The van der Waals surface area contributed by atoms with Crippen molar-refractivity contribution in [2.45, 2.75) is 32.1 Å². The molecule has 6 nitrogen and oxygen atoms in total. The predicted molar refractivity (Wildman–Crippen MR) is 76.1 cm³/mol. The summed E-state index contributed by atoms with van der Waals surface area (Å²) in [6.45, 7) is 0. The van der Waals surface area contributed by atoms with Crippen LogP contribution >= 0.6 is 11.6 Å². The monoisotopic (exact) mass is 295 g/mol. The number of hydrogen-bond donors (Lipinski definition) is 1. The SMILES string of the molecule is O=C(NN=C1CCCCC1)c1ccc(Cl)c([N+](=O)[O-])c1. The standard InChI is InChI=1S/C13H14ClN3O3/c14-11-7-6-9(8-12(11)17(19)20)13(18)16-15-10-4-2-1-3-5-10/h6-8H,1-5H2,(H,16,18). The molecule has 1 aromatic rings. The van der Waals surface area contributed by atoms with Crippen LogP contribution in [0.15, 0.2) is 23.3 Å². The summed E-state index contributed by atoms with van der Waals surface area (Å²) >= 11 is 5.69. The summed E-state index contributed by atoms with van der Waals surface area (Å²) in [5.74, 6) is -0.470. The van der Waals surface area contributed by atoms with E-state index < -0.39 is 10.8 Å². The molecule has 1 aromatic carbocycles. The fourth-order valence-electron chi connectivity index (χ4n) is 2.06. The maximum absolute atomic E-state index is 11.9. The Morgan fingerprint density at radius 3 is 2.65 bits per heavy atom. The molecule has 1 saturated carbocycles. The highest BCUT2D eigenvalue weighted by atomic mass is 35.5. The summed E-state index contributed by atoms with van der Waals surface area (Å²) < 4.78 is 0. The summed E-state index contributed by atoms with van der Waals surface area (Å²) in [4.78, 5) is 22.0. The highest BCUT2D eigenvalue weighted by Crippen LogP contribution is 2.25. The zero-order valence-electron chi connectivity index (χ0n) is 10.8. The Morgan fingerprint density at radius 1 is 1.30 bits per heavy atom. The van der Waals surface area contributed by atoms with Crippen molar-refractivity contribution < 1.29 is 9.72 Å². The van der Waals surface area contributed by atoms with Crippen molar-refractivity contribution >= 4 is 28.9 Å². The van der Waals surface area contributed by atoms with Crippen LogP contribution in [0.1, 0.15) is 42.5 Å². The number of hydrogen-bond acceptors (Lipinski definition) is 4. The first-order valence-electron chi connectivity index (χ1n) is 6.37. The van der Waals surface area contributed by atoms with E-state index in [0.29, 0.717) is 0 Å². The number of carbonyl (C=O) groups excluding carboxylic acids is 1. The van der Waals surface area contributed by atoms with Gasteiger partial charge < -0.3 is 0 Å². The fourth-order valence-corrected chi connectivity index (χ4v) is 2.25. The highest BCUT2D eigenvalue weighted by Gasteiger charge is 2.16. The van der Waals surface area contributed by atoms with E-state index in [0.717, 1.165) is 37.5 Å². The average Bonchev–Trinajstić information content (AvgIpc) is 2.46. The molecular formula is C13H14ClN3O3. The second kappa shape index (κ2) is 6.47. The zero-order chi connectivity index (χ0) is 14.5. The maximum Gasteiger partial charge on any atom is 0.288 e. The smallest absolute Gasteiger partial charge is 0.267 e. The van der Waals surface area contributed by atoms with Crippen molar-refractivity contribution in [3.63, 3.8) is 0 Å². The molecule has 1 aliphatic rings. The Labute approximate surface area is 121 Å². The molecule has 2 rings (SSSR count). The summed E-state index contributed by atoms with van der Waals surface area (Å²) in [6, 6.07) is 3.92. The summed E-state index contributed by atoms with van der Waals surface area (Å²) in [6.07, 6.45) is 5.14. The lowest BCUT2D eigenvalue weighted by Gasteiger charge is -2.12. The molecular weight excluding hydrogens is 282 g/mol. The Kier molecular flexibility index (Phi) is 4.68. The van der Waals surface area contributed by atoms with Crippen LogP contribution in [0, 0.1) is 10.1 Å². The van der Waals surface area contributed by atoms with Gasteiger partial charge in [0, 0.05) is 17.3 Å². The van der Waals surface area contributed by atoms with Gasteiger partial charge in [-0.05, 0) is 37.8 Å². The van der Waals surface area contributed by atoms with E-state index >= 15 is 0 Å². The molecule has 1 amide bonds. The summed E-state index contributed by atoms with van der Waals surface area (Å²) in [7, 11) is 0. The van der Waals surface area contributed by atoms with E-state index in [1.54, 1.807) is 0 Å². The number of carbonyl (C=O) groups is 1. The molecule has 0 spiro atoms. The van der Waals surface area contributed by atoms with Crippen molar-refractivity contribution in [1.29, 1.82) is 0 Å². The lowest BCUT2D eigenvalue weighted by atomic mass is 9.99. The minimum Gasteiger partial charge on any atom is -0.267 e. The first-order chi connectivity index (χ1) is 9.58. The fraction of sp³-hybridized carbons (Fsp3) is 0.385. The highest BCUT2D eigenvalue weighted by molar-refractivity contribution is 6.32. The van der Waals surface area contributed by atoms with E-state index in [9.17, 15) is 14.9 Å². The number of rotatable bonds is 3. The van der Waals surface area contributed by atoms with Crippen molar-refractivity contribution in [3.05, 3.63) is 38.9 Å². The van der Waals surface area contributed by atoms with E-state index in [-0.39, 0.29) is 16.3 Å². The molecule has 0 heterocycles. The van der Waals surface area contributed by atoms with Gasteiger partial charge in [0.15, 0.2) is 0 Å². The van der Waals surface area contributed by atoms with Crippen LogP contribution < -0.4 is 5.43 Å². The van der Waals surface area contributed by atoms with Crippen molar-refractivity contribution in [1.82, 2.24) is 5.43 Å². The third-order valence-electron chi connectivity index (χ3n) is 3.15. The predicted octanol–water partition coefficient (Wildman–Crippen LogP) is 3.30. The second-order valence-corrected chi connectivity index (χ2v) is 5.01. The van der Waals surface area contributed by atoms with Crippen LogP contribution in [-0.4, -0.2) is 16.5 Å². The first kappa shape index (κ1) is 14.5. The Bertz CT molecular complexity index is 564. The van der Waals surface area contributed by atoms with Gasteiger partial charge in [0.05, 0.1) is 4.92 Å². The number of amides is 1. The summed E-state index contributed by atoms with van der Waals surface area (Å²) in [5, 5.41) is 14.8. The molecule has 20 heavy (non-hydrogen) atoms. The van der Waals surface area contributed by atoms with Gasteiger partial charge in [-0.1, -0.05) is 18.0 Å². The molecule has 106 valence electrons. The largest absolute Gasteiger partial charge is 0.288 e. The number of nitro benzene ring substituents is 1. The van der Waals surface area contributed by atoms with Crippen molar-refractivity contribution in [3.8, 4) is 0 Å². The van der Waals surface area contributed by atoms with Gasteiger partial charge in [0.25, 0.3) is 11.6 Å². The molecule has 0 aliphatic heterocycles. The van der Waals surface area contributed by atoms with E-state index in [2.05, 4.69) is 10.5 Å². The van der Waals surface area contributed by atoms with Crippen LogP contribution in [0.3, 0.4) is 0 Å². The van der Waals surface area contributed by atoms with Crippen LogP contribution in [-0.2, 0) is 0 Å². The third-order valence-corrected chi connectivity index (χ3v) is 3.47. The lowest BCUT2D eigenvalue weighted by molar-refractivity contribution is -0.384. The van der Waals surface area contributed by atoms with Gasteiger partial charge in [-0.15, -0.1) is 0 Å². The topological polar surface area (TPSA) is 84.6 Å². The molecule has 0 aromatic heterocycles. The number of nitro groups is 1. The van der Waals surface area contributed by atoms with Crippen LogP contribution in [0.4, 0.5) is 5.69 Å². The van der Waals surface area contributed by atoms with Crippen LogP contribution in [0.5, 0.6) is 0 Å². The van der Waals surface area contributed by atoms with Crippen molar-refractivity contribution in [2.75, 3.05) is 0 Å². The lowest BCUT2D eigenvalue weighted by Crippen LogP contribution is -2.20. The van der Waals surface area contributed by atoms with E-state index in [1.165, 1.54) is 18.6 Å². The molecule has 0 atom stereocenters. The number of hydrazone groups is 1. The molecule has 0 radical (unpaired) electrons. The number of benzene rings is 1. The number of halogens is 1. The number of nitrogens with one attached hydrogen (secondary N) is 1. The summed E-state index contributed by atoms with van der Waals surface area (Å²) in [5.41, 5.74) is 3.28. The van der Waals surface area contributed by atoms with Gasteiger partial charge in [-0.2, -0.15) is 5.10 Å². The van der Waals surface area contributed by atoms with Gasteiger partial charge in [-0.25, -0.2) is 5.43 Å². The van der Waals surface area contributed by atoms with Gasteiger partial charge in [-0.3, -0.25) is 14.9 Å². The molecule has 7 heteroatoms. The molecule has 1 fully saturated rings. The van der Waals surface area contributed by atoms with Crippen LogP contribution in [0.2, 0.25) is 5.02 Å². The quantitative estimate of drug-likeness (QED) is 0.686. The van der Waals surface area contributed by atoms with Crippen molar-refractivity contribution in [2.24, 2.45) is 5.10 Å². The minimum absolute atomic E-state index is 0.00476. The number of nitrogens with zero attached hydrogens (tertiary/aromatic N) is 2. The van der Waals surface area contributed by atoms with Gasteiger partial charge >= 0.3 is 0 Å². The molecule has 1 aliphatic carbocycles. The Balaban J connectivity index is 2.09. The normalized spacial score (nSPS) is 14.8. The Morgan fingerprint density at radius 2 is 2.00 bits per heavy atom. The molecule has 0 unspecified atom stereocenters. The van der Waals surface area contributed by atoms with Gasteiger partial charge in [0.2, 0.25) is 0 Å². The van der Waals surface area contributed by atoms with E-state index in [1.807, 2.05) is 0 Å². The molecule has 0 saturated heterocycles. The average molecular weight is 296 g/mol. The minimum atomic E-state index is -0.619. The third kappa shape index (κ3) is 3.54. The molecule has 1 N–H and O–H groups in total. The maximum atomic E-state index is 11.9. The van der Waals surface area contributed by atoms with Crippen LogP contribution in [0.25, 0.3) is 0 Å². The van der Waals surface area contributed by atoms with E-state index in [4.69, 9.17) is 11.6 Å². The first-order valence-corrected chi connectivity index (χ1v) is 6.75. The molecule has 0 bridgehead atoms. The van der Waals surface area contributed by atoms with Gasteiger partial charge in [0.1, 0.15) is 5.02 Å².